The van der Waals surface area contributed by atoms with Gasteiger partial charge in [-0.2, -0.15) is 0 Å². The van der Waals surface area contributed by atoms with E-state index in [0.717, 1.165) is 22.5 Å². The summed E-state index contributed by atoms with van der Waals surface area (Å²) < 4.78 is 0. The summed E-state index contributed by atoms with van der Waals surface area (Å²) in [6.45, 7) is 4.06. The van der Waals surface area contributed by atoms with E-state index in [9.17, 15) is 4.79 Å². The summed E-state index contributed by atoms with van der Waals surface area (Å²) in [7, 11) is 1.78. The lowest BCUT2D eigenvalue weighted by Crippen LogP contribution is -2.25. The second kappa shape index (κ2) is 4.60. The van der Waals surface area contributed by atoms with Gasteiger partial charge in [0.05, 0.1) is 11.4 Å². The fraction of sp³-hybridized carbons (Fsp3) is 0.176. The molecule has 0 aliphatic carbocycles. The van der Waals surface area contributed by atoms with Crippen LogP contribution in [0.3, 0.4) is 0 Å². The van der Waals surface area contributed by atoms with Crippen LogP contribution in [0.2, 0.25) is 0 Å². The first-order valence-corrected chi connectivity index (χ1v) is 6.61. The minimum absolute atomic E-state index is 0.0498. The number of fused-ring (bicyclic) bond motifs is 1. The van der Waals surface area contributed by atoms with Crippen molar-refractivity contribution in [3.63, 3.8) is 0 Å². The molecule has 3 rings (SSSR count). The molecule has 0 N–H and O–H groups in total. The first kappa shape index (κ1) is 12.6. The summed E-state index contributed by atoms with van der Waals surface area (Å²) >= 11 is 0. The molecule has 100 valence electrons. The van der Waals surface area contributed by atoms with Crippen molar-refractivity contribution >= 4 is 23.0 Å². The molecule has 2 aromatic rings. The first-order chi connectivity index (χ1) is 9.58. The van der Waals surface area contributed by atoms with Crippen LogP contribution < -0.4 is 4.90 Å². The van der Waals surface area contributed by atoms with Crippen molar-refractivity contribution in [2.75, 3.05) is 11.9 Å². The number of benzene rings is 2. The molecule has 0 saturated carbocycles. The number of anilines is 1. The third kappa shape index (κ3) is 1.92. The van der Waals surface area contributed by atoms with Crippen molar-refractivity contribution in [1.82, 2.24) is 0 Å². The number of para-hydroxylation sites is 1. The number of hydrogen-bond acceptors (Lipinski definition) is 2. The highest BCUT2D eigenvalue weighted by atomic mass is 16.2. The number of hydrogen-bond donors (Lipinski definition) is 0. The molecule has 20 heavy (non-hydrogen) atoms. The number of aryl methyl sites for hydroxylation is 2. The van der Waals surface area contributed by atoms with Crippen molar-refractivity contribution in [3.8, 4) is 0 Å². The van der Waals surface area contributed by atoms with E-state index in [-0.39, 0.29) is 5.91 Å². The Morgan fingerprint density at radius 1 is 1.05 bits per heavy atom. The second-order valence-corrected chi connectivity index (χ2v) is 5.13. The van der Waals surface area contributed by atoms with E-state index in [1.807, 2.05) is 50.2 Å². The molecular weight excluding hydrogens is 248 g/mol. The van der Waals surface area contributed by atoms with Gasteiger partial charge in [-0.05, 0) is 31.5 Å². The van der Waals surface area contributed by atoms with Crippen molar-refractivity contribution in [3.05, 3.63) is 59.2 Å². The lowest BCUT2D eigenvalue weighted by atomic mass is 10.1. The Bertz CT molecular complexity index is 732. The van der Waals surface area contributed by atoms with E-state index in [1.54, 1.807) is 11.9 Å². The molecule has 3 nitrogen and oxygen atoms in total. The van der Waals surface area contributed by atoms with Crippen LogP contribution in [0, 0.1) is 13.8 Å². The number of nitrogens with zero attached hydrogens (tertiary/aromatic N) is 2. The van der Waals surface area contributed by atoms with E-state index < -0.39 is 0 Å². The Labute approximate surface area is 118 Å². The van der Waals surface area contributed by atoms with Gasteiger partial charge >= 0.3 is 0 Å². The van der Waals surface area contributed by atoms with Gasteiger partial charge in [0.1, 0.15) is 5.71 Å². The summed E-state index contributed by atoms with van der Waals surface area (Å²) in [6.07, 6.45) is 0. The molecule has 0 unspecified atom stereocenters. The maximum Gasteiger partial charge on any atom is 0.277 e. The second-order valence-electron chi connectivity index (χ2n) is 5.13. The minimum Gasteiger partial charge on any atom is -0.309 e. The quantitative estimate of drug-likeness (QED) is 0.777. The van der Waals surface area contributed by atoms with Gasteiger partial charge in [-0.3, -0.25) is 4.79 Å². The van der Waals surface area contributed by atoms with Gasteiger partial charge in [0.15, 0.2) is 0 Å². The Morgan fingerprint density at radius 3 is 2.55 bits per heavy atom. The Morgan fingerprint density at radius 2 is 1.80 bits per heavy atom. The van der Waals surface area contributed by atoms with Gasteiger partial charge in [-0.1, -0.05) is 35.9 Å². The van der Waals surface area contributed by atoms with Crippen LogP contribution in [0.5, 0.6) is 0 Å². The first-order valence-electron chi connectivity index (χ1n) is 6.61. The molecule has 1 heterocycles. The molecule has 0 bridgehead atoms. The van der Waals surface area contributed by atoms with Crippen LogP contribution in [-0.2, 0) is 4.79 Å². The number of likely N-dealkylation sites (N-methyl/N-ethyl adjacent to an activating group) is 1. The fourth-order valence-corrected chi connectivity index (χ4v) is 2.51. The van der Waals surface area contributed by atoms with E-state index in [2.05, 4.69) is 11.1 Å². The zero-order chi connectivity index (χ0) is 14.3. The Kier molecular flexibility index (Phi) is 2.90. The molecule has 1 aliphatic heterocycles. The van der Waals surface area contributed by atoms with Crippen LogP contribution in [0.1, 0.15) is 16.7 Å². The molecule has 0 atom stereocenters. The summed E-state index contributed by atoms with van der Waals surface area (Å²) in [6, 6.07) is 13.8. The highest BCUT2D eigenvalue weighted by Crippen LogP contribution is 2.30. The van der Waals surface area contributed by atoms with E-state index in [0.29, 0.717) is 5.71 Å². The summed E-state index contributed by atoms with van der Waals surface area (Å²) in [5, 5.41) is 0. The third-order valence-corrected chi connectivity index (χ3v) is 3.61. The van der Waals surface area contributed by atoms with Crippen LogP contribution >= 0.6 is 0 Å². The van der Waals surface area contributed by atoms with E-state index in [4.69, 9.17) is 0 Å². The minimum atomic E-state index is -0.0498. The third-order valence-electron chi connectivity index (χ3n) is 3.61. The van der Waals surface area contributed by atoms with Crippen LogP contribution in [0.4, 0.5) is 11.4 Å². The van der Waals surface area contributed by atoms with Gasteiger partial charge < -0.3 is 4.90 Å². The fourth-order valence-electron chi connectivity index (χ4n) is 2.51. The van der Waals surface area contributed by atoms with Crippen molar-refractivity contribution in [1.29, 1.82) is 0 Å². The molecule has 1 aliphatic rings. The highest BCUT2D eigenvalue weighted by molar-refractivity contribution is 6.54. The zero-order valence-corrected chi connectivity index (χ0v) is 11.8. The Hall–Kier alpha value is -2.42. The monoisotopic (exact) mass is 264 g/mol. The molecular formula is C17H16N2O. The SMILES string of the molecule is Cc1ccc(N=C2C(=O)N(C)c3ccccc32)c(C)c1. The maximum atomic E-state index is 12.3. The van der Waals surface area contributed by atoms with Gasteiger partial charge in [0, 0.05) is 12.6 Å². The predicted octanol–water partition coefficient (Wildman–Crippen LogP) is 3.40. The van der Waals surface area contributed by atoms with Crippen molar-refractivity contribution in [2.24, 2.45) is 4.99 Å². The highest BCUT2D eigenvalue weighted by Gasteiger charge is 2.30. The lowest BCUT2D eigenvalue weighted by molar-refractivity contribution is -0.111. The Balaban J connectivity index is 2.14. The number of carbonyl (C=O) groups is 1. The number of amides is 1. The average molecular weight is 264 g/mol. The van der Waals surface area contributed by atoms with E-state index >= 15 is 0 Å². The van der Waals surface area contributed by atoms with Crippen LogP contribution in [0.15, 0.2) is 47.5 Å². The standard InChI is InChI=1S/C17H16N2O/c1-11-8-9-14(12(2)10-11)18-16-13-6-4-5-7-15(13)19(3)17(16)20/h4-10H,1-3H3. The molecule has 0 saturated heterocycles. The van der Waals surface area contributed by atoms with Gasteiger partial charge in [-0.25, -0.2) is 4.99 Å². The van der Waals surface area contributed by atoms with Crippen molar-refractivity contribution in [2.45, 2.75) is 13.8 Å². The molecule has 2 aromatic carbocycles. The molecule has 0 aromatic heterocycles. The topological polar surface area (TPSA) is 32.7 Å². The molecule has 3 heteroatoms. The van der Waals surface area contributed by atoms with E-state index in [1.165, 1.54) is 5.56 Å². The smallest absolute Gasteiger partial charge is 0.277 e. The number of rotatable bonds is 1. The molecule has 0 fully saturated rings. The van der Waals surface area contributed by atoms with Gasteiger partial charge in [-0.15, -0.1) is 0 Å². The van der Waals surface area contributed by atoms with Crippen LogP contribution in [0.25, 0.3) is 0 Å². The normalized spacial score (nSPS) is 15.8. The summed E-state index contributed by atoms with van der Waals surface area (Å²) in [5.74, 6) is -0.0498. The lowest BCUT2D eigenvalue weighted by Gasteiger charge is -2.07. The molecule has 0 radical (unpaired) electrons. The zero-order valence-electron chi connectivity index (χ0n) is 11.8. The molecule has 0 spiro atoms. The number of aliphatic imine (C=N–C) groups is 1. The maximum absolute atomic E-state index is 12.3. The summed E-state index contributed by atoms with van der Waals surface area (Å²) in [4.78, 5) is 18.6. The van der Waals surface area contributed by atoms with Gasteiger partial charge in [0.2, 0.25) is 0 Å². The van der Waals surface area contributed by atoms with Crippen molar-refractivity contribution < 1.29 is 4.79 Å². The molecule has 1 amide bonds. The largest absolute Gasteiger partial charge is 0.309 e. The average Bonchev–Trinajstić information content (AvgIpc) is 2.67. The summed E-state index contributed by atoms with van der Waals surface area (Å²) in [5.41, 5.74) is 5.47. The van der Waals surface area contributed by atoms with Gasteiger partial charge in [0.25, 0.3) is 5.91 Å². The van der Waals surface area contributed by atoms with Crippen LogP contribution in [-0.4, -0.2) is 18.7 Å². The number of carbonyl (C=O) groups excluding carboxylic acids is 1. The predicted molar refractivity (Wildman–Crippen MR) is 82.0 cm³/mol.